The molecule has 0 heterocycles. The van der Waals surface area contributed by atoms with Gasteiger partial charge in [0.25, 0.3) is 10.0 Å². The van der Waals surface area contributed by atoms with Crippen LogP contribution < -0.4 is 14.4 Å². The maximum atomic E-state index is 14.2. The lowest BCUT2D eigenvalue weighted by molar-refractivity contribution is -0.140. The summed E-state index contributed by atoms with van der Waals surface area (Å²) in [4.78, 5) is 29.0. The van der Waals surface area contributed by atoms with Crippen molar-refractivity contribution >= 4 is 66.7 Å². The fourth-order valence-electron chi connectivity index (χ4n) is 4.33. The number of nitrogens with one attached hydrogen (secondary N) is 1. The van der Waals surface area contributed by atoms with Gasteiger partial charge in [-0.3, -0.25) is 13.9 Å². The topological polar surface area (TPSA) is 96.0 Å². The second-order valence-electron chi connectivity index (χ2n) is 9.89. The monoisotopic (exact) mass is 711 g/mol. The highest BCUT2D eigenvalue weighted by Gasteiger charge is 2.34. The molecule has 0 saturated heterocycles. The van der Waals surface area contributed by atoms with E-state index in [1.807, 2.05) is 20.8 Å². The number of ether oxygens (including phenoxy) is 1. The molecule has 8 nitrogen and oxygen atoms in total. The Morgan fingerprint density at radius 1 is 0.953 bits per heavy atom. The predicted octanol–water partition coefficient (Wildman–Crippen LogP) is 7.07. The van der Waals surface area contributed by atoms with Gasteiger partial charge in [-0.25, -0.2) is 8.42 Å². The third kappa shape index (κ3) is 9.11. The van der Waals surface area contributed by atoms with Crippen LogP contribution in [-0.4, -0.2) is 50.4 Å². The van der Waals surface area contributed by atoms with Crippen LogP contribution in [0.15, 0.2) is 76.1 Å². The molecule has 12 heteroatoms. The van der Waals surface area contributed by atoms with Gasteiger partial charge in [-0.1, -0.05) is 59.0 Å². The lowest BCUT2D eigenvalue weighted by atomic mass is 10.1. The molecule has 0 aromatic heterocycles. The minimum absolute atomic E-state index is 0.00577. The standard InChI is InChI=1S/C31H36BrCl2N3O5S/c1-5-21(4)35-31(39)29(6-2)36(19-22-8-11-24(33)18-28(22)34)30(38)20-37(25-12-14-26(15-13-25)42-7-3)43(40,41)27-16-9-23(32)10-17-27/h8-18,21,29H,5-7,19-20H2,1-4H3,(H,35,39). The smallest absolute Gasteiger partial charge is 0.264 e. The fourth-order valence-corrected chi connectivity index (χ4v) is 6.48. The van der Waals surface area contributed by atoms with Gasteiger partial charge in [-0.05, 0) is 92.9 Å². The van der Waals surface area contributed by atoms with Crippen LogP contribution in [0.1, 0.15) is 46.1 Å². The number of anilines is 1. The Labute approximate surface area is 272 Å². The van der Waals surface area contributed by atoms with Gasteiger partial charge >= 0.3 is 0 Å². The van der Waals surface area contributed by atoms with Crippen molar-refractivity contribution in [2.75, 3.05) is 17.5 Å². The van der Waals surface area contributed by atoms with Gasteiger partial charge in [-0.15, -0.1) is 0 Å². The number of nitrogens with zero attached hydrogens (tertiary/aromatic N) is 2. The van der Waals surface area contributed by atoms with E-state index in [9.17, 15) is 18.0 Å². The third-order valence-corrected chi connectivity index (χ3v) is 9.76. The average Bonchev–Trinajstić information content (AvgIpc) is 2.97. The lowest BCUT2D eigenvalue weighted by Gasteiger charge is -2.34. The maximum Gasteiger partial charge on any atom is 0.264 e. The Morgan fingerprint density at radius 2 is 1.60 bits per heavy atom. The molecule has 2 unspecified atom stereocenters. The molecule has 0 aliphatic carbocycles. The van der Waals surface area contributed by atoms with Gasteiger partial charge in [0.05, 0.1) is 17.2 Å². The number of rotatable bonds is 14. The second-order valence-corrected chi connectivity index (χ2v) is 13.5. The summed E-state index contributed by atoms with van der Waals surface area (Å²) in [5.74, 6) is -0.351. The minimum Gasteiger partial charge on any atom is -0.494 e. The van der Waals surface area contributed by atoms with Crippen molar-refractivity contribution in [2.24, 2.45) is 0 Å². The quantitative estimate of drug-likeness (QED) is 0.193. The van der Waals surface area contributed by atoms with E-state index in [0.717, 1.165) is 4.31 Å². The number of hydrogen-bond donors (Lipinski definition) is 1. The Balaban J connectivity index is 2.08. The molecule has 3 aromatic rings. The van der Waals surface area contributed by atoms with E-state index >= 15 is 0 Å². The first kappa shape index (κ1) is 34.7. The summed E-state index contributed by atoms with van der Waals surface area (Å²) in [6, 6.07) is 16.5. The summed E-state index contributed by atoms with van der Waals surface area (Å²) in [6.07, 6.45) is 0.998. The minimum atomic E-state index is -4.21. The summed E-state index contributed by atoms with van der Waals surface area (Å²) < 4.78 is 35.3. The van der Waals surface area contributed by atoms with E-state index < -0.39 is 28.5 Å². The molecule has 3 aromatic carbocycles. The molecule has 3 rings (SSSR count). The van der Waals surface area contributed by atoms with Crippen LogP contribution in [0.2, 0.25) is 10.0 Å². The fraction of sp³-hybridized carbons (Fsp3) is 0.355. The zero-order valence-corrected chi connectivity index (χ0v) is 28.4. The second kappa shape index (κ2) is 15.8. The molecule has 1 N–H and O–H groups in total. The largest absolute Gasteiger partial charge is 0.494 e. The molecule has 2 amide bonds. The number of sulfonamides is 1. The molecular weight excluding hydrogens is 677 g/mol. The van der Waals surface area contributed by atoms with Crippen LogP contribution in [0, 0.1) is 0 Å². The first-order valence-corrected chi connectivity index (χ1v) is 16.9. The number of benzene rings is 3. The molecular formula is C31H36BrCl2N3O5S. The highest BCUT2D eigenvalue weighted by atomic mass is 79.9. The van der Waals surface area contributed by atoms with Crippen molar-refractivity contribution in [3.8, 4) is 5.75 Å². The van der Waals surface area contributed by atoms with E-state index in [2.05, 4.69) is 21.2 Å². The number of carbonyl (C=O) groups excluding carboxylic acids is 2. The first-order chi connectivity index (χ1) is 20.4. The normalized spacial score (nSPS) is 12.7. The highest BCUT2D eigenvalue weighted by Crippen LogP contribution is 2.29. The zero-order chi connectivity index (χ0) is 31.7. The van der Waals surface area contributed by atoms with Crippen LogP contribution in [-0.2, 0) is 26.2 Å². The predicted molar refractivity (Wildman–Crippen MR) is 175 cm³/mol. The van der Waals surface area contributed by atoms with E-state index in [1.165, 1.54) is 17.0 Å². The summed E-state index contributed by atoms with van der Waals surface area (Å²) >= 11 is 15.9. The lowest BCUT2D eigenvalue weighted by Crippen LogP contribution is -2.53. The third-order valence-electron chi connectivity index (χ3n) is 6.86. The molecule has 232 valence electrons. The molecule has 0 fully saturated rings. The van der Waals surface area contributed by atoms with Crippen molar-refractivity contribution in [3.05, 3.63) is 86.8 Å². The molecule has 0 aliphatic rings. The van der Waals surface area contributed by atoms with Crippen LogP contribution in [0.25, 0.3) is 0 Å². The molecule has 2 atom stereocenters. The number of amides is 2. The van der Waals surface area contributed by atoms with Gasteiger partial charge in [-0.2, -0.15) is 0 Å². The van der Waals surface area contributed by atoms with E-state index in [0.29, 0.717) is 45.3 Å². The SMILES string of the molecule is CCOc1ccc(N(CC(=O)N(Cc2ccc(Cl)cc2Cl)C(CC)C(=O)NC(C)CC)S(=O)(=O)c2ccc(Br)cc2)cc1. The molecule has 0 radical (unpaired) electrons. The van der Waals surface area contributed by atoms with Crippen molar-refractivity contribution in [1.29, 1.82) is 0 Å². The zero-order valence-electron chi connectivity index (χ0n) is 24.5. The Bertz CT molecular complexity index is 1500. The summed E-state index contributed by atoms with van der Waals surface area (Å²) in [5.41, 5.74) is 0.832. The Hall–Kier alpha value is -2.79. The van der Waals surface area contributed by atoms with E-state index in [1.54, 1.807) is 61.5 Å². The van der Waals surface area contributed by atoms with E-state index in [-0.39, 0.29) is 29.1 Å². The molecule has 43 heavy (non-hydrogen) atoms. The van der Waals surface area contributed by atoms with E-state index in [4.69, 9.17) is 27.9 Å². The van der Waals surface area contributed by atoms with Crippen molar-refractivity contribution in [2.45, 2.75) is 64.1 Å². The molecule has 0 aliphatic heterocycles. The van der Waals surface area contributed by atoms with Gasteiger partial charge in [0.15, 0.2) is 0 Å². The molecule has 0 spiro atoms. The highest BCUT2D eigenvalue weighted by molar-refractivity contribution is 9.10. The van der Waals surface area contributed by atoms with Gasteiger partial charge < -0.3 is 15.0 Å². The summed E-state index contributed by atoms with van der Waals surface area (Å²) in [6.45, 7) is 7.32. The molecule has 0 saturated carbocycles. The van der Waals surface area contributed by atoms with Crippen LogP contribution in [0.4, 0.5) is 5.69 Å². The average molecular weight is 714 g/mol. The summed E-state index contributed by atoms with van der Waals surface area (Å²) in [5, 5.41) is 3.71. The first-order valence-electron chi connectivity index (χ1n) is 14.0. The number of carbonyl (C=O) groups is 2. The van der Waals surface area contributed by atoms with Crippen molar-refractivity contribution in [1.82, 2.24) is 10.2 Å². The summed E-state index contributed by atoms with van der Waals surface area (Å²) in [7, 11) is -4.21. The maximum absolute atomic E-state index is 14.2. The van der Waals surface area contributed by atoms with Crippen LogP contribution >= 0.6 is 39.1 Å². The Morgan fingerprint density at radius 3 is 2.16 bits per heavy atom. The molecule has 0 bridgehead atoms. The Kier molecular flexibility index (Phi) is 12.7. The van der Waals surface area contributed by atoms with Gasteiger partial charge in [0.1, 0.15) is 18.3 Å². The van der Waals surface area contributed by atoms with Crippen LogP contribution in [0.3, 0.4) is 0 Å². The van der Waals surface area contributed by atoms with Crippen molar-refractivity contribution < 1.29 is 22.7 Å². The van der Waals surface area contributed by atoms with Gasteiger partial charge in [0.2, 0.25) is 11.8 Å². The van der Waals surface area contributed by atoms with Crippen LogP contribution in [0.5, 0.6) is 5.75 Å². The van der Waals surface area contributed by atoms with Gasteiger partial charge in [0, 0.05) is 27.1 Å². The number of halogens is 3. The number of hydrogen-bond acceptors (Lipinski definition) is 5. The van der Waals surface area contributed by atoms with Crippen molar-refractivity contribution in [3.63, 3.8) is 0 Å².